The highest BCUT2D eigenvalue weighted by atomic mass is 79.9. The van der Waals surface area contributed by atoms with Crippen molar-refractivity contribution in [1.29, 1.82) is 0 Å². The van der Waals surface area contributed by atoms with Gasteiger partial charge in [0.2, 0.25) is 0 Å². The normalized spacial score (nSPS) is 10.0. The standard InChI is InChI=1S/C14H13BrN2O3S/c1-2-19-10-6-4-3-5-9(10)16-14(21)17-13(18)11-7-8-12(15)20-11/h3-8H,2H2,1H3,(H2,16,17,18,21). The van der Waals surface area contributed by atoms with E-state index < -0.39 is 5.91 Å². The Labute approximate surface area is 135 Å². The van der Waals surface area contributed by atoms with E-state index in [1.54, 1.807) is 12.1 Å². The average Bonchev–Trinajstić information content (AvgIpc) is 2.88. The largest absolute Gasteiger partial charge is 0.492 e. The molecule has 0 radical (unpaired) electrons. The Kier molecular flexibility index (Phi) is 5.35. The number of halogens is 1. The number of hydrogen-bond donors (Lipinski definition) is 2. The second kappa shape index (κ2) is 7.24. The quantitative estimate of drug-likeness (QED) is 0.807. The molecule has 0 bridgehead atoms. The van der Waals surface area contributed by atoms with Gasteiger partial charge in [-0.25, -0.2) is 0 Å². The first-order chi connectivity index (χ1) is 10.1. The molecule has 1 aromatic carbocycles. The molecule has 5 nitrogen and oxygen atoms in total. The average molecular weight is 369 g/mol. The molecule has 0 fully saturated rings. The van der Waals surface area contributed by atoms with E-state index in [-0.39, 0.29) is 10.9 Å². The van der Waals surface area contributed by atoms with Crippen molar-refractivity contribution in [3.05, 3.63) is 46.8 Å². The third-order valence-corrected chi connectivity index (χ3v) is 3.09. The van der Waals surface area contributed by atoms with Crippen LogP contribution >= 0.6 is 28.1 Å². The minimum absolute atomic E-state index is 0.166. The molecule has 2 aromatic rings. The van der Waals surface area contributed by atoms with Crippen molar-refractivity contribution in [2.45, 2.75) is 6.92 Å². The molecule has 1 amide bonds. The van der Waals surface area contributed by atoms with Crippen LogP contribution < -0.4 is 15.4 Å². The van der Waals surface area contributed by atoms with Crippen LogP contribution in [0.3, 0.4) is 0 Å². The van der Waals surface area contributed by atoms with Crippen molar-refractivity contribution in [1.82, 2.24) is 5.32 Å². The molecule has 21 heavy (non-hydrogen) atoms. The first-order valence-electron chi connectivity index (χ1n) is 6.19. The lowest BCUT2D eigenvalue weighted by molar-refractivity contribution is 0.0949. The molecule has 7 heteroatoms. The molecule has 0 aliphatic heterocycles. The van der Waals surface area contributed by atoms with Crippen LogP contribution in [-0.4, -0.2) is 17.6 Å². The Hall–Kier alpha value is -1.86. The van der Waals surface area contributed by atoms with Crippen LogP contribution in [0.1, 0.15) is 17.5 Å². The minimum atomic E-state index is -0.424. The molecule has 0 aliphatic carbocycles. The lowest BCUT2D eigenvalue weighted by atomic mass is 10.3. The zero-order chi connectivity index (χ0) is 15.2. The fraction of sp³-hybridized carbons (Fsp3) is 0.143. The predicted octanol–water partition coefficient (Wildman–Crippen LogP) is 3.57. The number of anilines is 1. The summed E-state index contributed by atoms with van der Waals surface area (Å²) >= 11 is 8.25. The van der Waals surface area contributed by atoms with Gasteiger partial charge in [0.25, 0.3) is 5.91 Å². The van der Waals surface area contributed by atoms with Gasteiger partial charge in [0.1, 0.15) is 5.75 Å². The number of thiocarbonyl (C=S) groups is 1. The van der Waals surface area contributed by atoms with Crippen LogP contribution in [-0.2, 0) is 0 Å². The third-order valence-electron chi connectivity index (χ3n) is 2.46. The van der Waals surface area contributed by atoms with Gasteiger partial charge in [-0.2, -0.15) is 0 Å². The van der Waals surface area contributed by atoms with E-state index >= 15 is 0 Å². The van der Waals surface area contributed by atoms with Gasteiger partial charge in [-0.05, 0) is 59.3 Å². The summed E-state index contributed by atoms with van der Waals surface area (Å²) in [5.74, 6) is 0.411. The Morgan fingerprint density at radius 1 is 1.33 bits per heavy atom. The number of nitrogens with one attached hydrogen (secondary N) is 2. The van der Waals surface area contributed by atoms with Gasteiger partial charge >= 0.3 is 0 Å². The van der Waals surface area contributed by atoms with Crippen molar-refractivity contribution in [2.24, 2.45) is 0 Å². The second-order valence-corrected chi connectivity index (χ2v) is 5.13. The minimum Gasteiger partial charge on any atom is -0.492 e. The Balaban J connectivity index is 2.00. The molecule has 0 atom stereocenters. The first kappa shape index (κ1) is 15.5. The van der Waals surface area contributed by atoms with Gasteiger partial charge in [-0.1, -0.05) is 12.1 Å². The molecular weight excluding hydrogens is 356 g/mol. The maximum absolute atomic E-state index is 11.9. The van der Waals surface area contributed by atoms with E-state index in [0.29, 0.717) is 22.7 Å². The summed E-state index contributed by atoms with van der Waals surface area (Å²) in [4.78, 5) is 11.9. The van der Waals surface area contributed by atoms with E-state index in [9.17, 15) is 4.79 Å². The van der Waals surface area contributed by atoms with Gasteiger partial charge in [0.15, 0.2) is 15.5 Å². The maximum atomic E-state index is 11.9. The van der Waals surface area contributed by atoms with Crippen LogP contribution in [0.5, 0.6) is 5.75 Å². The number of carbonyl (C=O) groups is 1. The van der Waals surface area contributed by atoms with Crippen LogP contribution in [0, 0.1) is 0 Å². The number of rotatable bonds is 4. The summed E-state index contributed by atoms with van der Waals surface area (Å²) in [7, 11) is 0. The molecule has 110 valence electrons. The molecule has 0 saturated heterocycles. The fourth-order valence-electron chi connectivity index (χ4n) is 1.61. The van der Waals surface area contributed by atoms with E-state index in [0.717, 1.165) is 0 Å². The highest BCUT2D eigenvalue weighted by Crippen LogP contribution is 2.23. The SMILES string of the molecule is CCOc1ccccc1NC(=S)NC(=O)c1ccc(Br)o1. The van der Waals surface area contributed by atoms with E-state index in [1.807, 2.05) is 31.2 Å². The summed E-state index contributed by atoms with van der Waals surface area (Å²) in [6.45, 7) is 2.43. The van der Waals surface area contributed by atoms with Gasteiger partial charge in [0, 0.05) is 0 Å². The zero-order valence-corrected chi connectivity index (χ0v) is 13.6. The molecule has 1 aromatic heterocycles. The summed E-state index contributed by atoms with van der Waals surface area (Å²) < 4.78 is 11.1. The van der Waals surface area contributed by atoms with Gasteiger partial charge in [-0.15, -0.1) is 0 Å². The number of benzene rings is 1. The Morgan fingerprint density at radius 3 is 2.76 bits per heavy atom. The third kappa shape index (κ3) is 4.30. The van der Waals surface area contributed by atoms with Gasteiger partial charge in [-0.3, -0.25) is 10.1 Å². The topological polar surface area (TPSA) is 63.5 Å². The molecule has 2 N–H and O–H groups in total. The molecule has 0 aliphatic rings. The highest BCUT2D eigenvalue weighted by Gasteiger charge is 2.13. The van der Waals surface area contributed by atoms with Crippen LogP contribution in [0.4, 0.5) is 5.69 Å². The predicted molar refractivity (Wildman–Crippen MR) is 87.7 cm³/mol. The van der Waals surface area contributed by atoms with Gasteiger partial charge in [0.05, 0.1) is 12.3 Å². The second-order valence-electron chi connectivity index (χ2n) is 3.94. The van der Waals surface area contributed by atoms with Crippen LogP contribution in [0.2, 0.25) is 0 Å². The van der Waals surface area contributed by atoms with Crippen molar-refractivity contribution in [2.75, 3.05) is 11.9 Å². The fourth-order valence-corrected chi connectivity index (χ4v) is 2.12. The van der Waals surface area contributed by atoms with Crippen molar-refractivity contribution in [3.63, 3.8) is 0 Å². The first-order valence-corrected chi connectivity index (χ1v) is 7.39. The van der Waals surface area contributed by atoms with Crippen LogP contribution in [0.25, 0.3) is 0 Å². The number of furan rings is 1. The number of amides is 1. The highest BCUT2D eigenvalue weighted by molar-refractivity contribution is 9.10. The van der Waals surface area contributed by atoms with Crippen molar-refractivity contribution >= 4 is 44.9 Å². The smallest absolute Gasteiger partial charge is 0.293 e. The van der Waals surface area contributed by atoms with Crippen molar-refractivity contribution < 1.29 is 13.9 Å². The molecule has 0 saturated carbocycles. The number of para-hydroxylation sites is 2. The molecule has 1 heterocycles. The molecule has 2 rings (SSSR count). The molecule has 0 unspecified atom stereocenters. The lowest BCUT2D eigenvalue weighted by Gasteiger charge is -2.12. The van der Waals surface area contributed by atoms with E-state index in [2.05, 4.69) is 26.6 Å². The monoisotopic (exact) mass is 368 g/mol. The summed E-state index contributed by atoms with van der Waals surface area (Å²) in [5.41, 5.74) is 0.685. The summed E-state index contributed by atoms with van der Waals surface area (Å²) in [5, 5.41) is 5.63. The number of ether oxygens (including phenoxy) is 1. The number of hydrogen-bond acceptors (Lipinski definition) is 4. The van der Waals surface area contributed by atoms with E-state index in [1.165, 1.54) is 0 Å². The Morgan fingerprint density at radius 2 is 2.10 bits per heavy atom. The van der Waals surface area contributed by atoms with Crippen LogP contribution in [0.15, 0.2) is 45.5 Å². The molecular formula is C14H13BrN2O3S. The molecule has 0 spiro atoms. The maximum Gasteiger partial charge on any atom is 0.293 e. The summed E-state index contributed by atoms with van der Waals surface area (Å²) in [6.07, 6.45) is 0. The zero-order valence-electron chi connectivity index (χ0n) is 11.2. The van der Waals surface area contributed by atoms with Gasteiger partial charge < -0.3 is 14.5 Å². The summed E-state index contributed by atoms with van der Waals surface area (Å²) in [6, 6.07) is 10.5. The number of carbonyl (C=O) groups excluding carboxylic acids is 1. The lowest BCUT2D eigenvalue weighted by Crippen LogP contribution is -2.34. The van der Waals surface area contributed by atoms with E-state index in [4.69, 9.17) is 21.4 Å². The Bertz CT molecular complexity index is 657. The van der Waals surface area contributed by atoms with Crippen molar-refractivity contribution in [3.8, 4) is 5.75 Å².